The molecule has 18 heavy (non-hydrogen) atoms. The molecule has 6 heteroatoms. The van der Waals surface area contributed by atoms with Gasteiger partial charge in [0.2, 0.25) is 0 Å². The molecule has 0 aliphatic heterocycles. The van der Waals surface area contributed by atoms with Crippen molar-refractivity contribution < 1.29 is 12.4 Å². The molecule has 0 bridgehead atoms. The Morgan fingerprint density at radius 3 is 2.39 bits per heavy atom. The summed E-state index contributed by atoms with van der Waals surface area (Å²) < 4.78 is 2.04. The molecule has 3 nitrogen and oxygen atoms in total. The van der Waals surface area contributed by atoms with E-state index in [0.29, 0.717) is 0 Å². The van der Waals surface area contributed by atoms with Crippen LogP contribution in [0.2, 0.25) is 0 Å². The summed E-state index contributed by atoms with van der Waals surface area (Å²) in [6.07, 6.45) is 0. The van der Waals surface area contributed by atoms with E-state index in [1.54, 1.807) is 20.7 Å². The Balaban J connectivity index is 0.00000162. The van der Waals surface area contributed by atoms with E-state index in [4.69, 9.17) is 0 Å². The largest absolute Gasteiger partial charge is 1.00 e. The van der Waals surface area contributed by atoms with Crippen molar-refractivity contribution in [2.45, 2.75) is 6.54 Å². The zero-order chi connectivity index (χ0) is 12.3. The molecular formula is C12H16ClN3S2. The first-order valence-electron chi connectivity index (χ1n) is 5.39. The number of nitrogens with zero attached hydrogens (tertiary/aromatic N) is 3. The number of rotatable bonds is 3. The van der Waals surface area contributed by atoms with Gasteiger partial charge in [0.15, 0.2) is 0 Å². The summed E-state index contributed by atoms with van der Waals surface area (Å²) in [6, 6.07) is 10.5. The highest BCUT2D eigenvalue weighted by molar-refractivity contribution is 7.69. The summed E-state index contributed by atoms with van der Waals surface area (Å²) in [5.41, 5.74) is 1.31. The van der Waals surface area contributed by atoms with Gasteiger partial charge in [0.05, 0.1) is 14.1 Å². The van der Waals surface area contributed by atoms with Gasteiger partial charge in [-0.2, -0.15) is 0 Å². The lowest BCUT2D eigenvalue weighted by atomic mass is 10.2. The van der Waals surface area contributed by atoms with Crippen LogP contribution in [0, 0.1) is 0 Å². The fraction of sp³-hybridized carbons (Fsp3) is 0.333. The molecule has 0 amide bonds. The van der Waals surface area contributed by atoms with Crippen LogP contribution in [-0.2, 0) is 6.54 Å². The van der Waals surface area contributed by atoms with Gasteiger partial charge in [-0.25, -0.2) is 0 Å². The molecule has 0 saturated carbocycles. The van der Waals surface area contributed by atoms with Crippen LogP contribution < -0.4 is 26.7 Å². The standard InChI is InChI=1S/C12H16N3S2.ClH/c1-14(2)11-13-12(17-16-11)15(3)9-10-7-5-4-6-8-10;/h4-8H,9H2,1-3H3;1H/q+1;/p-1. The summed E-state index contributed by atoms with van der Waals surface area (Å²) in [6.45, 7) is 0.897. The van der Waals surface area contributed by atoms with Crippen LogP contribution in [0.1, 0.15) is 5.56 Å². The summed E-state index contributed by atoms with van der Waals surface area (Å²) >= 11 is 0. The minimum absolute atomic E-state index is 0. The molecule has 0 N–H and O–H groups in total. The predicted octanol–water partition coefficient (Wildman–Crippen LogP) is -1.12. The second-order valence-corrected chi connectivity index (χ2v) is 6.14. The molecule has 0 saturated heterocycles. The highest BCUT2D eigenvalue weighted by Gasteiger charge is 2.13. The third-order valence-electron chi connectivity index (χ3n) is 2.35. The van der Waals surface area contributed by atoms with Crippen LogP contribution in [0.5, 0.6) is 0 Å². The molecule has 0 fully saturated rings. The first kappa shape index (κ1) is 15.1. The van der Waals surface area contributed by atoms with Gasteiger partial charge in [0.1, 0.15) is 0 Å². The number of hydrogen-bond donors (Lipinski definition) is 0. The average Bonchev–Trinajstić information content (AvgIpc) is 2.79. The van der Waals surface area contributed by atoms with Gasteiger partial charge in [0.25, 0.3) is 0 Å². The Hall–Kier alpha value is -0.910. The molecule has 1 heterocycles. The van der Waals surface area contributed by atoms with Gasteiger partial charge in [-0.15, -0.1) is 0 Å². The predicted molar refractivity (Wildman–Crippen MR) is 75.7 cm³/mol. The number of anilines is 1. The maximum absolute atomic E-state index is 4.59. The lowest BCUT2D eigenvalue weighted by Gasteiger charge is -2.11. The monoisotopic (exact) mass is 301 g/mol. The number of hydrogen-bond acceptors (Lipinski definition) is 4. The van der Waals surface area contributed by atoms with Gasteiger partial charge < -0.3 is 17.3 Å². The van der Waals surface area contributed by atoms with E-state index >= 15 is 0 Å². The minimum Gasteiger partial charge on any atom is -1.00 e. The lowest BCUT2D eigenvalue weighted by molar-refractivity contribution is -0.00000351. The van der Waals surface area contributed by atoms with E-state index in [0.717, 1.165) is 16.5 Å². The maximum Gasteiger partial charge on any atom is 0.390 e. The topological polar surface area (TPSA) is 19.1 Å². The smallest absolute Gasteiger partial charge is 0.390 e. The Kier molecular flexibility index (Phi) is 5.78. The molecule has 2 rings (SSSR count). The number of halogens is 1. The van der Waals surface area contributed by atoms with Crippen LogP contribution in [0.4, 0.5) is 5.13 Å². The quantitative estimate of drug-likeness (QED) is 0.528. The second-order valence-electron chi connectivity index (χ2n) is 4.08. The molecule has 0 unspecified atom stereocenters. The second kappa shape index (κ2) is 6.87. The average molecular weight is 302 g/mol. The zero-order valence-electron chi connectivity index (χ0n) is 10.6. The Labute approximate surface area is 121 Å². The molecule has 0 atom stereocenters. The SMILES string of the molecule is CN(Cc1ccccc1)c1nc(=[N+](C)C)ss1.[Cl-]. The molecule has 0 spiro atoms. The summed E-state index contributed by atoms with van der Waals surface area (Å²) in [5.74, 6) is 0. The molecule has 2 aromatic rings. The van der Waals surface area contributed by atoms with Crippen LogP contribution in [0.25, 0.3) is 0 Å². The van der Waals surface area contributed by atoms with E-state index in [1.807, 2.05) is 24.7 Å². The normalized spacial score (nSPS) is 9.72. The summed E-state index contributed by atoms with van der Waals surface area (Å²) in [7, 11) is 9.55. The van der Waals surface area contributed by atoms with Crippen molar-refractivity contribution in [2.75, 3.05) is 26.0 Å². The Bertz CT molecular complexity index is 544. The third-order valence-corrected chi connectivity index (χ3v) is 4.74. The first-order valence-corrected chi connectivity index (χ1v) is 7.54. The molecule has 0 aliphatic carbocycles. The van der Waals surface area contributed by atoms with E-state index in [2.05, 4.69) is 41.2 Å². The van der Waals surface area contributed by atoms with E-state index in [-0.39, 0.29) is 12.4 Å². The molecule has 1 aromatic heterocycles. The third kappa shape index (κ3) is 3.80. The van der Waals surface area contributed by atoms with E-state index in [9.17, 15) is 0 Å². The van der Waals surface area contributed by atoms with E-state index in [1.165, 1.54) is 5.56 Å². The van der Waals surface area contributed by atoms with Crippen LogP contribution in [0.15, 0.2) is 30.3 Å². The highest BCUT2D eigenvalue weighted by atomic mass is 35.5. The van der Waals surface area contributed by atoms with Gasteiger partial charge in [0, 0.05) is 28.9 Å². The Morgan fingerprint density at radius 2 is 1.83 bits per heavy atom. The fourth-order valence-electron chi connectivity index (χ4n) is 1.44. The number of aromatic nitrogens is 1. The minimum atomic E-state index is 0. The van der Waals surface area contributed by atoms with Crippen LogP contribution in [0.3, 0.4) is 0 Å². The first-order chi connectivity index (χ1) is 8.16. The van der Waals surface area contributed by atoms with Crippen molar-refractivity contribution in [1.82, 2.24) is 9.56 Å². The molecule has 98 valence electrons. The summed E-state index contributed by atoms with van der Waals surface area (Å²) in [5, 5.41) is 1.07. The fourth-order valence-corrected chi connectivity index (χ4v) is 3.74. The molecule has 1 aromatic carbocycles. The zero-order valence-corrected chi connectivity index (χ0v) is 13.0. The van der Waals surface area contributed by atoms with Gasteiger partial charge in [-0.1, -0.05) is 30.3 Å². The summed E-state index contributed by atoms with van der Waals surface area (Å²) in [4.78, 5) is 7.84. The maximum atomic E-state index is 4.59. The van der Waals surface area contributed by atoms with Gasteiger partial charge in [-0.3, -0.25) is 4.58 Å². The van der Waals surface area contributed by atoms with Gasteiger partial charge >= 0.3 is 9.93 Å². The van der Waals surface area contributed by atoms with Crippen molar-refractivity contribution in [3.63, 3.8) is 0 Å². The van der Waals surface area contributed by atoms with Crippen molar-refractivity contribution in [3.05, 3.63) is 40.7 Å². The van der Waals surface area contributed by atoms with Crippen LogP contribution >= 0.6 is 20.7 Å². The molecule has 0 radical (unpaired) electrons. The van der Waals surface area contributed by atoms with Crippen LogP contribution in [-0.4, -0.2) is 26.1 Å². The van der Waals surface area contributed by atoms with E-state index < -0.39 is 0 Å². The molecular weight excluding hydrogens is 286 g/mol. The Morgan fingerprint density at radius 1 is 1.17 bits per heavy atom. The highest BCUT2D eigenvalue weighted by Crippen LogP contribution is 2.19. The number of benzene rings is 1. The van der Waals surface area contributed by atoms with Crippen molar-refractivity contribution in [1.29, 1.82) is 0 Å². The van der Waals surface area contributed by atoms with Gasteiger partial charge in [-0.05, 0) is 15.9 Å². The lowest BCUT2D eigenvalue weighted by Crippen LogP contribution is -3.00. The molecule has 0 aliphatic rings. The van der Waals surface area contributed by atoms with Crippen molar-refractivity contribution >= 4 is 25.8 Å². The van der Waals surface area contributed by atoms with Crippen molar-refractivity contribution in [2.24, 2.45) is 0 Å². The van der Waals surface area contributed by atoms with Crippen molar-refractivity contribution in [3.8, 4) is 0 Å².